The topological polar surface area (TPSA) is 17.1 Å². The van der Waals surface area contributed by atoms with E-state index in [0.717, 1.165) is 34.3 Å². The highest BCUT2D eigenvalue weighted by Gasteiger charge is 2.23. The minimum Gasteiger partial charge on any atom is -0.289 e. The molecule has 0 N–H and O–H groups in total. The molecule has 1 nitrogen and oxygen atoms in total. The van der Waals surface area contributed by atoms with E-state index >= 15 is 0 Å². The molecule has 0 heterocycles. The first-order valence-corrected chi connectivity index (χ1v) is 6.38. The van der Waals surface area contributed by atoms with Gasteiger partial charge in [0.25, 0.3) is 0 Å². The third-order valence-electron chi connectivity index (χ3n) is 3.38. The summed E-state index contributed by atoms with van der Waals surface area (Å²) in [4.78, 5) is 12.3. The van der Waals surface area contributed by atoms with Gasteiger partial charge in [-0.15, -0.1) is 5.73 Å². The summed E-state index contributed by atoms with van der Waals surface area (Å²) >= 11 is 0. The number of fused-ring (bicyclic) bond motifs is 1. The van der Waals surface area contributed by atoms with E-state index in [4.69, 9.17) is 0 Å². The lowest BCUT2D eigenvalue weighted by Gasteiger charge is -1.95. The second kappa shape index (κ2) is 4.72. The van der Waals surface area contributed by atoms with Crippen molar-refractivity contribution in [3.8, 4) is 0 Å². The largest absolute Gasteiger partial charge is 0.289 e. The Morgan fingerprint density at radius 2 is 2.00 bits per heavy atom. The highest BCUT2D eigenvalue weighted by atomic mass is 16.1. The molecule has 2 aliphatic carbocycles. The Morgan fingerprint density at radius 3 is 2.84 bits per heavy atom. The Kier molecular flexibility index (Phi) is 2.91. The third kappa shape index (κ3) is 2.29. The fraction of sp³-hybridized carbons (Fsp3) is 0.111. The zero-order valence-corrected chi connectivity index (χ0v) is 10.8. The van der Waals surface area contributed by atoms with Crippen LogP contribution in [-0.2, 0) is 6.42 Å². The van der Waals surface area contributed by atoms with Crippen molar-refractivity contribution in [2.75, 3.05) is 0 Å². The van der Waals surface area contributed by atoms with Gasteiger partial charge in [0.15, 0.2) is 5.78 Å². The van der Waals surface area contributed by atoms with Gasteiger partial charge >= 0.3 is 0 Å². The third-order valence-corrected chi connectivity index (χ3v) is 3.38. The van der Waals surface area contributed by atoms with Gasteiger partial charge < -0.3 is 0 Å². The number of Topliss-reactive ketones (excluding diaryl/α,β-unsaturated/α-hetero) is 1. The number of carbonyl (C=O) groups excluding carboxylic acids is 1. The van der Waals surface area contributed by atoms with Crippen molar-refractivity contribution in [1.29, 1.82) is 0 Å². The Hall–Kier alpha value is -2.37. The van der Waals surface area contributed by atoms with E-state index in [1.54, 1.807) is 0 Å². The average molecular weight is 246 g/mol. The van der Waals surface area contributed by atoms with E-state index in [-0.39, 0.29) is 5.78 Å². The van der Waals surface area contributed by atoms with Crippen LogP contribution in [0.3, 0.4) is 0 Å². The summed E-state index contributed by atoms with van der Waals surface area (Å²) in [6.45, 7) is 2.03. The standard InChI is InChI=1S/C18H14O/c1-13-5-4-6-14(10-9-13)11-16-12-15-7-2-3-8-17(15)18(16)19/h2-3,5-11H,12H2,1H3/b16-11-. The van der Waals surface area contributed by atoms with Gasteiger partial charge in [-0.1, -0.05) is 36.4 Å². The zero-order valence-electron chi connectivity index (χ0n) is 10.8. The van der Waals surface area contributed by atoms with Gasteiger partial charge in [0.2, 0.25) is 0 Å². The summed E-state index contributed by atoms with van der Waals surface area (Å²) in [5.74, 6) is 0.152. The van der Waals surface area contributed by atoms with Gasteiger partial charge in [-0.05, 0) is 41.9 Å². The molecule has 0 bridgehead atoms. The molecule has 19 heavy (non-hydrogen) atoms. The maximum atomic E-state index is 12.3. The minimum absolute atomic E-state index is 0.152. The van der Waals surface area contributed by atoms with Crippen LogP contribution in [0.5, 0.6) is 0 Å². The maximum Gasteiger partial charge on any atom is 0.189 e. The van der Waals surface area contributed by atoms with Crippen LogP contribution >= 0.6 is 0 Å². The van der Waals surface area contributed by atoms with E-state index in [0.29, 0.717) is 0 Å². The molecule has 0 saturated heterocycles. The maximum absolute atomic E-state index is 12.3. The zero-order chi connectivity index (χ0) is 13.2. The van der Waals surface area contributed by atoms with Crippen molar-refractivity contribution in [3.05, 3.63) is 88.2 Å². The summed E-state index contributed by atoms with van der Waals surface area (Å²) in [5.41, 5.74) is 8.12. The van der Waals surface area contributed by atoms with Gasteiger partial charge in [-0.25, -0.2) is 0 Å². The number of allylic oxidation sites excluding steroid dienone is 7. The molecule has 3 rings (SSSR count). The first kappa shape index (κ1) is 11.7. The summed E-state index contributed by atoms with van der Waals surface area (Å²) < 4.78 is 0. The molecule has 0 spiro atoms. The van der Waals surface area contributed by atoms with Crippen LogP contribution in [0.15, 0.2) is 77.1 Å². The number of rotatable bonds is 1. The van der Waals surface area contributed by atoms with E-state index in [9.17, 15) is 4.79 Å². The molecular weight excluding hydrogens is 232 g/mol. The lowest BCUT2D eigenvalue weighted by atomic mass is 10.1. The summed E-state index contributed by atoms with van der Waals surface area (Å²) in [6.07, 6.45) is 10.6. The number of hydrogen-bond acceptors (Lipinski definition) is 1. The number of carbonyl (C=O) groups is 1. The average Bonchev–Trinajstić information content (AvgIpc) is 2.58. The van der Waals surface area contributed by atoms with Crippen LogP contribution in [0, 0.1) is 0 Å². The Morgan fingerprint density at radius 1 is 1.16 bits per heavy atom. The van der Waals surface area contributed by atoms with E-state index in [1.165, 1.54) is 0 Å². The summed E-state index contributed by atoms with van der Waals surface area (Å²) in [6, 6.07) is 7.82. The first-order chi connectivity index (χ1) is 9.24. The van der Waals surface area contributed by atoms with Crippen LogP contribution in [-0.4, -0.2) is 5.78 Å². The predicted molar refractivity (Wildman–Crippen MR) is 77.1 cm³/mol. The predicted octanol–water partition coefficient (Wildman–Crippen LogP) is 3.95. The second-order valence-corrected chi connectivity index (χ2v) is 4.87. The Bertz CT molecular complexity index is 705. The van der Waals surface area contributed by atoms with E-state index in [1.807, 2.05) is 61.6 Å². The van der Waals surface area contributed by atoms with E-state index in [2.05, 4.69) is 5.73 Å². The van der Waals surface area contributed by atoms with Gasteiger partial charge in [-0.2, -0.15) is 0 Å². The highest BCUT2D eigenvalue weighted by Crippen LogP contribution is 2.27. The van der Waals surface area contributed by atoms with Gasteiger partial charge in [0, 0.05) is 17.6 Å². The lowest BCUT2D eigenvalue weighted by Crippen LogP contribution is -1.95. The molecule has 0 unspecified atom stereocenters. The molecule has 92 valence electrons. The molecule has 0 fully saturated rings. The molecule has 1 aromatic carbocycles. The van der Waals surface area contributed by atoms with Crippen LogP contribution in [0.2, 0.25) is 0 Å². The minimum atomic E-state index is 0.152. The number of hydrogen-bond donors (Lipinski definition) is 0. The quantitative estimate of drug-likeness (QED) is 0.541. The van der Waals surface area contributed by atoms with Crippen molar-refractivity contribution in [2.45, 2.75) is 13.3 Å². The molecule has 0 radical (unpaired) electrons. The van der Waals surface area contributed by atoms with Crippen LogP contribution in [0.4, 0.5) is 0 Å². The lowest BCUT2D eigenvalue weighted by molar-refractivity contribution is 0.103. The van der Waals surface area contributed by atoms with Crippen molar-refractivity contribution >= 4 is 5.78 Å². The molecule has 0 aliphatic heterocycles. The molecule has 0 amide bonds. The van der Waals surface area contributed by atoms with E-state index < -0.39 is 0 Å². The SMILES string of the molecule is CC1=CC=C(/C=C2/Cc3ccccc3C2=O)C=C=C1. The Labute approximate surface area is 113 Å². The van der Waals surface area contributed by atoms with Crippen molar-refractivity contribution in [3.63, 3.8) is 0 Å². The molecule has 1 heteroatoms. The fourth-order valence-electron chi connectivity index (χ4n) is 2.36. The molecule has 1 aromatic rings. The second-order valence-electron chi connectivity index (χ2n) is 4.87. The molecular formula is C18H14O. The normalized spacial score (nSPS) is 19.2. The number of benzene rings is 1. The van der Waals surface area contributed by atoms with Crippen LogP contribution in [0.1, 0.15) is 22.8 Å². The highest BCUT2D eigenvalue weighted by molar-refractivity contribution is 6.13. The molecule has 0 saturated carbocycles. The van der Waals surface area contributed by atoms with Gasteiger partial charge in [0.05, 0.1) is 0 Å². The molecule has 0 aromatic heterocycles. The van der Waals surface area contributed by atoms with Gasteiger partial charge in [0.1, 0.15) is 0 Å². The smallest absolute Gasteiger partial charge is 0.189 e. The summed E-state index contributed by atoms with van der Waals surface area (Å²) in [5, 5.41) is 0. The van der Waals surface area contributed by atoms with Crippen molar-refractivity contribution < 1.29 is 4.79 Å². The first-order valence-electron chi connectivity index (χ1n) is 6.38. The van der Waals surface area contributed by atoms with Gasteiger partial charge in [-0.3, -0.25) is 4.79 Å². The fourth-order valence-corrected chi connectivity index (χ4v) is 2.36. The van der Waals surface area contributed by atoms with Crippen molar-refractivity contribution in [2.24, 2.45) is 0 Å². The van der Waals surface area contributed by atoms with Crippen LogP contribution < -0.4 is 0 Å². The molecule has 0 atom stereocenters. The number of ketones is 1. The molecule has 2 aliphatic rings. The summed E-state index contributed by atoms with van der Waals surface area (Å²) in [7, 11) is 0. The Balaban J connectivity index is 1.96. The van der Waals surface area contributed by atoms with Crippen LogP contribution in [0.25, 0.3) is 0 Å². The van der Waals surface area contributed by atoms with Crippen molar-refractivity contribution in [1.82, 2.24) is 0 Å². The monoisotopic (exact) mass is 246 g/mol.